The van der Waals surface area contributed by atoms with Crippen molar-refractivity contribution in [3.63, 3.8) is 0 Å². The van der Waals surface area contributed by atoms with Crippen LogP contribution in [0.15, 0.2) is 36.4 Å². The van der Waals surface area contributed by atoms with E-state index in [0.717, 1.165) is 28.4 Å². The fraction of sp³-hybridized carbons (Fsp3) is 0.300. The number of carbonyl (C=O) groups excluding carboxylic acids is 2. The van der Waals surface area contributed by atoms with Crippen LogP contribution < -0.4 is 10.2 Å². The van der Waals surface area contributed by atoms with Gasteiger partial charge in [0.25, 0.3) is 0 Å². The smallest absolute Gasteiger partial charge is 0.307 e. The van der Waals surface area contributed by atoms with Crippen LogP contribution in [0.2, 0.25) is 0 Å². The van der Waals surface area contributed by atoms with Crippen LogP contribution in [-0.4, -0.2) is 38.5 Å². The molecule has 2 aromatic rings. The lowest BCUT2D eigenvalue weighted by atomic mass is 10.0. The number of methoxy groups -OCH3 is 1. The van der Waals surface area contributed by atoms with E-state index >= 15 is 0 Å². The molecule has 2 rings (SSSR count). The Morgan fingerprint density at radius 3 is 2.68 bits per heavy atom. The summed E-state index contributed by atoms with van der Waals surface area (Å²) in [5, 5.41) is 5.10. The summed E-state index contributed by atoms with van der Waals surface area (Å²) in [7, 11) is 1.38. The maximum Gasteiger partial charge on any atom is 0.307 e. The third-order valence-electron chi connectivity index (χ3n) is 4.07. The second-order valence-electron chi connectivity index (χ2n) is 5.69. The Hall–Kier alpha value is -3.00. The van der Waals surface area contributed by atoms with Crippen LogP contribution in [0.25, 0.3) is 10.8 Å². The van der Waals surface area contributed by atoms with E-state index in [4.69, 9.17) is 11.2 Å². The summed E-state index contributed by atoms with van der Waals surface area (Å²) in [4.78, 5) is 24.3. The summed E-state index contributed by atoms with van der Waals surface area (Å²) in [6, 6.07) is 11.7. The lowest BCUT2D eigenvalue weighted by Gasteiger charge is -2.30. The number of hydrogen-bond acceptors (Lipinski definition) is 5. The van der Waals surface area contributed by atoms with E-state index in [1.165, 1.54) is 7.11 Å². The Balaban J connectivity index is 2.47. The van der Waals surface area contributed by atoms with Gasteiger partial charge in [-0.1, -0.05) is 30.2 Å². The van der Waals surface area contributed by atoms with Crippen LogP contribution in [0.1, 0.15) is 13.3 Å². The van der Waals surface area contributed by atoms with Crippen LogP contribution in [0.4, 0.5) is 11.4 Å². The molecule has 0 amide bonds. The average molecular weight is 338 g/mol. The lowest BCUT2D eigenvalue weighted by Crippen LogP contribution is -2.35. The van der Waals surface area contributed by atoms with Crippen LogP contribution in [0, 0.1) is 12.3 Å². The lowest BCUT2D eigenvalue weighted by molar-refractivity contribution is -0.140. The molecule has 0 spiro atoms. The van der Waals surface area contributed by atoms with Gasteiger partial charge in [0.15, 0.2) is 0 Å². The summed E-state index contributed by atoms with van der Waals surface area (Å²) in [6.45, 7) is 2.57. The molecule has 0 radical (unpaired) electrons. The predicted molar refractivity (Wildman–Crippen MR) is 101 cm³/mol. The Kier molecular flexibility index (Phi) is 6.41. The van der Waals surface area contributed by atoms with E-state index < -0.39 is 0 Å². The molecule has 0 aliphatic rings. The van der Waals surface area contributed by atoms with E-state index in [1.807, 2.05) is 48.2 Å². The number of aldehydes is 1. The van der Waals surface area contributed by atoms with Gasteiger partial charge in [-0.15, -0.1) is 6.42 Å². The minimum atomic E-state index is -0.275. The highest BCUT2D eigenvalue weighted by atomic mass is 16.5. The molecule has 0 bridgehead atoms. The maximum atomic E-state index is 11.7. The Morgan fingerprint density at radius 1 is 1.32 bits per heavy atom. The van der Waals surface area contributed by atoms with Crippen molar-refractivity contribution in [3.05, 3.63) is 36.4 Å². The molecular formula is C20H22N2O3. The summed E-state index contributed by atoms with van der Waals surface area (Å²) in [5.41, 5.74) is 1.83. The molecule has 25 heavy (non-hydrogen) atoms. The van der Waals surface area contributed by atoms with Gasteiger partial charge >= 0.3 is 5.97 Å². The topological polar surface area (TPSA) is 58.6 Å². The third-order valence-corrected chi connectivity index (χ3v) is 4.07. The van der Waals surface area contributed by atoms with Crippen molar-refractivity contribution < 1.29 is 14.3 Å². The molecule has 0 aromatic heterocycles. The Bertz CT molecular complexity index is 795. The van der Waals surface area contributed by atoms with E-state index in [2.05, 4.69) is 11.2 Å². The minimum Gasteiger partial charge on any atom is -0.469 e. The number of nitrogens with zero attached hydrogens (tertiary/aromatic N) is 1. The van der Waals surface area contributed by atoms with Crippen molar-refractivity contribution in [2.24, 2.45) is 0 Å². The number of benzene rings is 2. The van der Waals surface area contributed by atoms with Crippen molar-refractivity contribution in [1.29, 1.82) is 0 Å². The number of nitrogens with one attached hydrogen (secondary N) is 1. The number of anilines is 2. The van der Waals surface area contributed by atoms with Crippen molar-refractivity contribution in [1.82, 2.24) is 0 Å². The molecule has 0 heterocycles. The summed E-state index contributed by atoms with van der Waals surface area (Å²) < 4.78 is 4.78. The van der Waals surface area contributed by atoms with Crippen LogP contribution in [-0.2, 0) is 14.3 Å². The first-order valence-electron chi connectivity index (χ1n) is 8.08. The Morgan fingerprint density at radius 2 is 2.04 bits per heavy atom. The molecular weight excluding hydrogens is 316 g/mol. The van der Waals surface area contributed by atoms with E-state index in [-0.39, 0.29) is 25.0 Å². The molecule has 0 saturated heterocycles. The first-order valence-corrected chi connectivity index (χ1v) is 8.08. The SMILES string of the molecule is C#CCN(c1ccc(NCC=O)c2ccccc12)C(C)CC(=O)OC. The molecule has 5 heteroatoms. The van der Waals surface area contributed by atoms with Gasteiger partial charge in [-0.2, -0.15) is 0 Å². The monoisotopic (exact) mass is 338 g/mol. The number of esters is 1. The zero-order valence-corrected chi connectivity index (χ0v) is 14.5. The predicted octanol–water partition coefficient (Wildman–Crippen LogP) is 2.84. The average Bonchev–Trinajstić information content (AvgIpc) is 2.64. The fourth-order valence-corrected chi connectivity index (χ4v) is 2.85. The van der Waals surface area contributed by atoms with E-state index in [1.54, 1.807) is 0 Å². The largest absolute Gasteiger partial charge is 0.469 e. The third kappa shape index (κ3) is 4.30. The van der Waals surface area contributed by atoms with Gasteiger partial charge in [-0.05, 0) is 19.1 Å². The van der Waals surface area contributed by atoms with Crippen molar-refractivity contribution in [2.75, 3.05) is 30.4 Å². The van der Waals surface area contributed by atoms with Crippen LogP contribution in [0.5, 0.6) is 0 Å². The van der Waals surface area contributed by atoms with E-state index in [9.17, 15) is 9.59 Å². The first kappa shape index (κ1) is 18.3. The number of carbonyl (C=O) groups is 2. The summed E-state index contributed by atoms with van der Waals surface area (Å²) in [6.07, 6.45) is 6.62. The standard InChI is InChI=1S/C20H22N2O3/c1-4-12-22(15(2)14-20(24)25-3)19-10-9-18(21-11-13-23)16-7-5-6-8-17(16)19/h1,5-10,13,15,21H,11-12,14H2,2-3H3. The number of ether oxygens (including phenoxy) is 1. The molecule has 0 saturated carbocycles. The second-order valence-corrected chi connectivity index (χ2v) is 5.69. The van der Waals surface area contributed by atoms with Crippen molar-refractivity contribution >= 4 is 34.4 Å². The highest BCUT2D eigenvalue weighted by Crippen LogP contribution is 2.33. The van der Waals surface area contributed by atoms with Gasteiger partial charge in [0.05, 0.1) is 26.6 Å². The molecule has 1 unspecified atom stereocenters. The molecule has 0 aliphatic heterocycles. The van der Waals surface area contributed by atoms with Gasteiger partial charge < -0.3 is 19.7 Å². The summed E-state index contributed by atoms with van der Waals surface area (Å²) >= 11 is 0. The van der Waals surface area contributed by atoms with Crippen LogP contribution in [0.3, 0.4) is 0 Å². The second kappa shape index (κ2) is 8.74. The maximum absolute atomic E-state index is 11.7. The van der Waals surface area contributed by atoms with Gasteiger partial charge in [-0.25, -0.2) is 0 Å². The normalized spacial score (nSPS) is 11.4. The number of fused-ring (bicyclic) bond motifs is 1. The molecule has 2 aromatic carbocycles. The van der Waals surface area contributed by atoms with Crippen LogP contribution >= 0.6 is 0 Å². The molecule has 5 nitrogen and oxygen atoms in total. The fourth-order valence-electron chi connectivity index (χ4n) is 2.85. The zero-order chi connectivity index (χ0) is 18.2. The van der Waals surface area contributed by atoms with Crippen molar-refractivity contribution in [2.45, 2.75) is 19.4 Å². The van der Waals surface area contributed by atoms with Gasteiger partial charge in [0, 0.05) is 28.2 Å². The highest BCUT2D eigenvalue weighted by molar-refractivity contribution is 6.02. The molecule has 0 aliphatic carbocycles. The quantitative estimate of drug-likeness (QED) is 0.456. The van der Waals surface area contributed by atoms with Gasteiger partial charge in [0.2, 0.25) is 0 Å². The minimum absolute atomic E-state index is 0.110. The number of hydrogen-bond donors (Lipinski definition) is 1. The number of terminal acetylenes is 1. The summed E-state index contributed by atoms with van der Waals surface area (Å²) in [5.74, 6) is 2.39. The Labute approximate surface area is 148 Å². The van der Waals surface area contributed by atoms with Crippen molar-refractivity contribution in [3.8, 4) is 12.3 Å². The molecule has 1 atom stereocenters. The molecule has 130 valence electrons. The zero-order valence-electron chi connectivity index (χ0n) is 14.5. The van der Waals surface area contributed by atoms with Gasteiger partial charge in [0.1, 0.15) is 6.29 Å². The highest BCUT2D eigenvalue weighted by Gasteiger charge is 2.20. The first-order chi connectivity index (χ1) is 12.1. The molecule has 1 N–H and O–H groups in total. The number of rotatable bonds is 8. The molecule has 0 fully saturated rings. The van der Waals surface area contributed by atoms with E-state index in [0.29, 0.717) is 6.54 Å². The van der Waals surface area contributed by atoms with Gasteiger partial charge in [-0.3, -0.25) is 4.79 Å².